The second-order valence-electron chi connectivity index (χ2n) is 7.06. The van der Waals surface area contributed by atoms with Crippen LogP contribution in [-0.2, 0) is 22.6 Å². The van der Waals surface area contributed by atoms with Crippen LogP contribution >= 0.6 is 34.5 Å². The lowest BCUT2D eigenvalue weighted by Gasteiger charge is -2.31. The second-order valence-corrected chi connectivity index (χ2v) is 8.91. The summed E-state index contributed by atoms with van der Waals surface area (Å²) >= 11 is 13.7. The molecule has 0 radical (unpaired) electrons. The zero-order chi connectivity index (χ0) is 21.0. The number of hydrogen-bond acceptors (Lipinski definition) is 4. The molecule has 0 aliphatic carbocycles. The normalized spacial score (nSPS) is 15.4. The molecule has 5 nitrogen and oxygen atoms in total. The third-order valence-electron chi connectivity index (χ3n) is 4.88. The molecule has 1 aromatic heterocycles. The van der Waals surface area contributed by atoms with Gasteiger partial charge in [0, 0.05) is 23.0 Å². The molecular weight excluding hydrogens is 431 g/mol. The number of nitrogens with zero attached hydrogens (tertiary/aromatic N) is 1. The van der Waals surface area contributed by atoms with Crippen LogP contribution in [0.1, 0.15) is 37.1 Å². The molecule has 0 saturated heterocycles. The summed E-state index contributed by atoms with van der Waals surface area (Å²) in [5.74, 6) is -0.0251. The molecule has 156 valence electrons. The maximum absolute atomic E-state index is 13.1. The largest absolute Gasteiger partial charge is 0.479 e. The number of rotatable bonds is 7. The number of hydrogen-bond donors (Lipinski definition) is 1. The standard InChI is InChI=1S/C21H24Cl2N2O3S/c1-3-4-17(21(27)25-9-7-19-14(12-25)8-10-29-19)24-20(26)13(2)28-18-6-5-15(22)11-16(18)23/h5-6,8,10-11,13,17H,3-4,7,9,12H2,1-2H3,(H,24,26). The summed E-state index contributed by atoms with van der Waals surface area (Å²) in [5, 5.41) is 5.74. The molecule has 3 rings (SSSR count). The van der Waals surface area contributed by atoms with Gasteiger partial charge in [-0.2, -0.15) is 0 Å². The zero-order valence-electron chi connectivity index (χ0n) is 16.4. The Morgan fingerprint density at radius 3 is 2.83 bits per heavy atom. The van der Waals surface area contributed by atoms with Gasteiger partial charge in [0.25, 0.3) is 5.91 Å². The Morgan fingerprint density at radius 1 is 1.31 bits per heavy atom. The highest BCUT2D eigenvalue weighted by Gasteiger charge is 2.30. The van der Waals surface area contributed by atoms with Gasteiger partial charge >= 0.3 is 0 Å². The lowest BCUT2D eigenvalue weighted by Crippen LogP contribution is -2.52. The molecule has 2 aromatic rings. The van der Waals surface area contributed by atoms with Crippen LogP contribution in [0, 0.1) is 0 Å². The maximum Gasteiger partial charge on any atom is 0.261 e. The molecule has 8 heteroatoms. The number of thiophene rings is 1. The molecule has 1 aliphatic heterocycles. The lowest BCUT2D eigenvalue weighted by atomic mass is 10.1. The van der Waals surface area contributed by atoms with Crippen LogP contribution in [0.4, 0.5) is 0 Å². The van der Waals surface area contributed by atoms with Crippen molar-refractivity contribution in [3.05, 3.63) is 50.1 Å². The van der Waals surface area contributed by atoms with Crippen molar-refractivity contribution in [2.75, 3.05) is 6.54 Å². The van der Waals surface area contributed by atoms with Gasteiger partial charge in [-0.15, -0.1) is 11.3 Å². The molecule has 2 heterocycles. The summed E-state index contributed by atoms with van der Waals surface area (Å²) in [5.41, 5.74) is 1.20. The fraction of sp³-hybridized carbons (Fsp3) is 0.429. The molecule has 1 aromatic carbocycles. The van der Waals surface area contributed by atoms with Crippen molar-refractivity contribution in [2.24, 2.45) is 0 Å². The molecule has 2 atom stereocenters. The molecule has 1 aliphatic rings. The average molecular weight is 455 g/mol. The number of carbonyl (C=O) groups is 2. The molecular formula is C21H24Cl2N2O3S. The van der Waals surface area contributed by atoms with Gasteiger partial charge in [-0.1, -0.05) is 36.5 Å². The summed E-state index contributed by atoms with van der Waals surface area (Å²) in [7, 11) is 0. The molecule has 2 unspecified atom stereocenters. The molecule has 0 bridgehead atoms. The Morgan fingerprint density at radius 2 is 2.10 bits per heavy atom. The third kappa shape index (κ3) is 5.44. The fourth-order valence-corrected chi connectivity index (χ4v) is 4.65. The van der Waals surface area contributed by atoms with E-state index in [0.29, 0.717) is 35.3 Å². The van der Waals surface area contributed by atoms with Gasteiger partial charge in [0.2, 0.25) is 5.91 Å². The monoisotopic (exact) mass is 454 g/mol. The number of fused-ring (bicyclic) bond motifs is 1. The highest BCUT2D eigenvalue weighted by Crippen LogP contribution is 2.28. The van der Waals surface area contributed by atoms with E-state index in [1.165, 1.54) is 10.4 Å². The number of nitrogens with one attached hydrogen (secondary N) is 1. The van der Waals surface area contributed by atoms with Crippen molar-refractivity contribution in [2.45, 2.75) is 51.8 Å². The number of amides is 2. The first kappa shape index (κ1) is 21.9. The second kappa shape index (κ2) is 9.83. The molecule has 0 saturated carbocycles. The Balaban J connectivity index is 1.63. The summed E-state index contributed by atoms with van der Waals surface area (Å²) in [6.07, 6.45) is 1.42. The average Bonchev–Trinajstić information content (AvgIpc) is 3.16. The van der Waals surface area contributed by atoms with Crippen LogP contribution in [0.25, 0.3) is 0 Å². The van der Waals surface area contributed by atoms with E-state index >= 15 is 0 Å². The van der Waals surface area contributed by atoms with Crippen LogP contribution in [-0.4, -0.2) is 35.4 Å². The van der Waals surface area contributed by atoms with Gasteiger partial charge < -0.3 is 15.0 Å². The van der Waals surface area contributed by atoms with Gasteiger partial charge in [-0.25, -0.2) is 0 Å². The van der Waals surface area contributed by atoms with Crippen LogP contribution in [0.15, 0.2) is 29.6 Å². The van der Waals surface area contributed by atoms with Crippen molar-refractivity contribution >= 4 is 46.4 Å². The fourth-order valence-electron chi connectivity index (χ4n) is 3.31. The van der Waals surface area contributed by atoms with E-state index in [0.717, 1.165) is 12.8 Å². The smallest absolute Gasteiger partial charge is 0.261 e. The van der Waals surface area contributed by atoms with E-state index < -0.39 is 12.1 Å². The lowest BCUT2D eigenvalue weighted by molar-refractivity contribution is -0.139. The maximum atomic E-state index is 13.1. The number of carbonyl (C=O) groups excluding carboxylic acids is 2. The zero-order valence-corrected chi connectivity index (χ0v) is 18.7. The third-order valence-corrected chi connectivity index (χ3v) is 6.43. The Bertz CT molecular complexity index is 887. The summed E-state index contributed by atoms with van der Waals surface area (Å²) in [4.78, 5) is 28.9. The number of ether oxygens (including phenoxy) is 1. The van der Waals surface area contributed by atoms with E-state index in [9.17, 15) is 9.59 Å². The summed E-state index contributed by atoms with van der Waals surface area (Å²) in [6.45, 7) is 4.90. The molecule has 0 spiro atoms. The Kier molecular flexibility index (Phi) is 7.44. The first-order valence-corrected chi connectivity index (χ1v) is 11.3. The van der Waals surface area contributed by atoms with E-state index in [4.69, 9.17) is 27.9 Å². The van der Waals surface area contributed by atoms with Gasteiger partial charge in [0.15, 0.2) is 6.10 Å². The van der Waals surface area contributed by atoms with Crippen molar-refractivity contribution in [3.8, 4) is 5.75 Å². The van der Waals surface area contributed by atoms with Gasteiger partial charge in [-0.05, 0) is 55.0 Å². The number of halogens is 2. The van der Waals surface area contributed by atoms with Crippen LogP contribution in [0.3, 0.4) is 0 Å². The molecule has 2 amide bonds. The van der Waals surface area contributed by atoms with Crippen molar-refractivity contribution in [1.29, 1.82) is 0 Å². The quantitative estimate of drug-likeness (QED) is 0.659. The van der Waals surface area contributed by atoms with Crippen molar-refractivity contribution in [1.82, 2.24) is 10.2 Å². The summed E-state index contributed by atoms with van der Waals surface area (Å²) in [6, 6.07) is 6.32. The van der Waals surface area contributed by atoms with Crippen LogP contribution < -0.4 is 10.1 Å². The van der Waals surface area contributed by atoms with Gasteiger partial charge in [0.1, 0.15) is 11.8 Å². The Hall–Kier alpha value is -1.76. The van der Waals surface area contributed by atoms with Crippen molar-refractivity contribution in [3.63, 3.8) is 0 Å². The summed E-state index contributed by atoms with van der Waals surface area (Å²) < 4.78 is 5.68. The van der Waals surface area contributed by atoms with Crippen LogP contribution in [0.2, 0.25) is 10.0 Å². The predicted molar refractivity (Wildman–Crippen MR) is 117 cm³/mol. The predicted octanol–water partition coefficient (Wildman–Crippen LogP) is 4.69. The first-order chi connectivity index (χ1) is 13.9. The molecule has 29 heavy (non-hydrogen) atoms. The Labute approximate surface area is 184 Å². The van der Waals surface area contributed by atoms with E-state index in [-0.39, 0.29) is 11.8 Å². The number of benzene rings is 1. The van der Waals surface area contributed by atoms with Gasteiger partial charge in [0.05, 0.1) is 5.02 Å². The minimum atomic E-state index is -0.800. The van der Waals surface area contributed by atoms with E-state index in [1.54, 1.807) is 36.5 Å². The topological polar surface area (TPSA) is 58.6 Å². The highest BCUT2D eigenvalue weighted by molar-refractivity contribution is 7.10. The van der Waals surface area contributed by atoms with Crippen molar-refractivity contribution < 1.29 is 14.3 Å². The molecule has 0 fully saturated rings. The minimum absolute atomic E-state index is 0.0474. The molecule has 1 N–H and O–H groups in total. The minimum Gasteiger partial charge on any atom is -0.479 e. The van der Waals surface area contributed by atoms with Gasteiger partial charge in [-0.3, -0.25) is 9.59 Å². The van der Waals surface area contributed by atoms with E-state index in [2.05, 4.69) is 16.8 Å². The van der Waals surface area contributed by atoms with Crippen LogP contribution in [0.5, 0.6) is 5.75 Å². The first-order valence-electron chi connectivity index (χ1n) is 9.65. The van der Waals surface area contributed by atoms with E-state index in [1.807, 2.05) is 11.8 Å². The highest BCUT2D eigenvalue weighted by atomic mass is 35.5. The SMILES string of the molecule is CCCC(NC(=O)C(C)Oc1ccc(Cl)cc1Cl)C(=O)N1CCc2sccc2C1.